The molecule has 6 nitrogen and oxygen atoms in total. The van der Waals surface area contributed by atoms with Crippen LogP contribution in [0.25, 0.3) is 0 Å². The lowest BCUT2D eigenvalue weighted by atomic mass is 10.1. The lowest BCUT2D eigenvalue weighted by Crippen LogP contribution is -2.41. The second kappa shape index (κ2) is 8.24. The van der Waals surface area contributed by atoms with E-state index in [4.69, 9.17) is 0 Å². The molecule has 0 atom stereocenters. The van der Waals surface area contributed by atoms with Gasteiger partial charge in [0.1, 0.15) is 11.6 Å². The largest absolute Gasteiger partial charge is 0.345 e. The monoisotopic (exact) mass is 363 g/mol. The second-order valence-electron chi connectivity index (χ2n) is 5.96. The number of halogens is 1. The van der Waals surface area contributed by atoms with Crippen LogP contribution < -0.4 is 10.2 Å². The van der Waals surface area contributed by atoms with Gasteiger partial charge >= 0.3 is 6.03 Å². The number of hydrogen-bond donors (Lipinski definition) is 1. The minimum Gasteiger partial charge on any atom is -0.345 e. The Balaban J connectivity index is 1.60. The van der Waals surface area contributed by atoms with E-state index in [-0.39, 0.29) is 11.8 Å². The maximum absolute atomic E-state index is 13.0. The molecular weight excluding hydrogens is 341 g/mol. The number of carbonyl (C=O) groups excluding carboxylic acids is 1. The molecule has 134 valence electrons. The highest BCUT2D eigenvalue weighted by Crippen LogP contribution is 2.20. The predicted molar refractivity (Wildman–Crippen MR) is 96.6 cm³/mol. The molecule has 2 heterocycles. The van der Waals surface area contributed by atoms with Crippen molar-refractivity contribution in [2.45, 2.75) is 19.8 Å². The van der Waals surface area contributed by atoms with Crippen molar-refractivity contribution in [3.05, 3.63) is 41.5 Å². The number of hydrogen-bond acceptors (Lipinski definition) is 5. The first-order valence-corrected chi connectivity index (χ1v) is 9.28. The summed E-state index contributed by atoms with van der Waals surface area (Å²) in [5.74, 6) is 0.508. The first-order chi connectivity index (χ1) is 12.2. The van der Waals surface area contributed by atoms with Gasteiger partial charge in [0, 0.05) is 50.7 Å². The van der Waals surface area contributed by atoms with Crippen LogP contribution in [-0.2, 0) is 6.42 Å². The van der Waals surface area contributed by atoms with Crippen LogP contribution in [0.4, 0.5) is 14.3 Å². The number of amides is 2. The Bertz CT molecular complexity index is 705. The molecule has 0 spiro atoms. The minimum atomic E-state index is -0.239. The zero-order valence-electron chi connectivity index (χ0n) is 14.2. The summed E-state index contributed by atoms with van der Waals surface area (Å²) >= 11 is 1.38. The average molecular weight is 363 g/mol. The Morgan fingerprint density at radius 1 is 1.24 bits per heavy atom. The van der Waals surface area contributed by atoms with Crippen molar-refractivity contribution in [3.8, 4) is 0 Å². The molecule has 0 radical (unpaired) electrons. The van der Waals surface area contributed by atoms with Crippen LogP contribution in [0.1, 0.15) is 24.7 Å². The molecule has 1 N–H and O–H groups in total. The third-order valence-corrected chi connectivity index (χ3v) is 4.93. The molecule has 0 unspecified atom stereocenters. The Labute approximate surface area is 150 Å². The van der Waals surface area contributed by atoms with E-state index in [0.717, 1.165) is 42.6 Å². The van der Waals surface area contributed by atoms with E-state index in [9.17, 15) is 9.18 Å². The quantitative estimate of drug-likeness (QED) is 0.907. The first kappa shape index (κ1) is 17.6. The number of anilines is 1. The van der Waals surface area contributed by atoms with Crippen LogP contribution in [0.5, 0.6) is 0 Å². The molecule has 0 bridgehead atoms. The van der Waals surface area contributed by atoms with Gasteiger partial charge in [-0.3, -0.25) is 0 Å². The lowest BCUT2D eigenvalue weighted by molar-refractivity contribution is 0.202. The van der Waals surface area contributed by atoms with E-state index < -0.39 is 0 Å². The Morgan fingerprint density at radius 3 is 2.80 bits per heavy atom. The van der Waals surface area contributed by atoms with Gasteiger partial charge in [0.05, 0.1) is 0 Å². The van der Waals surface area contributed by atoms with E-state index in [1.54, 1.807) is 12.1 Å². The van der Waals surface area contributed by atoms with Gasteiger partial charge in [0.15, 0.2) is 0 Å². The van der Waals surface area contributed by atoms with E-state index in [0.29, 0.717) is 19.5 Å². The molecule has 1 saturated heterocycles. The summed E-state index contributed by atoms with van der Waals surface area (Å²) in [4.78, 5) is 20.6. The average Bonchev–Trinajstić information content (AvgIpc) is 2.92. The number of carbonyl (C=O) groups is 1. The lowest BCUT2D eigenvalue weighted by Gasteiger charge is -2.21. The van der Waals surface area contributed by atoms with Crippen LogP contribution in [0.3, 0.4) is 0 Å². The fraction of sp³-hybridized carbons (Fsp3) is 0.471. The zero-order valence-corrected chi connectivity index (χ0v) is 15.1. The van der Waals surface area contributed by atoms with Crippen molar-refractivity contribution >= 4 is 22.7 Å². The van der Waals surface area contributed by atoms with Gasteiger partial charge in [-0.1, -0.05) is 12.1 Å². The molecule has 2 amide bonds. The number of benzene rings is 1. The van der Waals surface area contributed by atoms with Crippen LogP contribution in [0, 0.1) is 5.82 Å². The highest BCUT2D eigenvalue weighted by Gasteiger charge is 2.20. The topological polar surface area (TPSA) is 61.4 Å². The summed E-state index contributed by atoms with van der Waals surface area (Å²) in [5, 5.41) is 3.73. The number of aromatic nitrogens is 2. The standard InChI is InChI=1S/C17H22FN5OS/c1-2-19-16(24)22-8-3-9-23(11-10-22)17-20-15(21-25-17)12-13-4-6-14(18)7-5-13/h4-7H,2-3,8-12H2,1H3,(H,19,24). The fourth-order valence-electron chi connectivity index (χ4n) is 2.80. The molecule has 0 aliphatic carbocycles. The van der Waals surface area contributed by atoms with Crippen molar-refractivity contribution in [1.82, 2.24) is 19.6 Å². The highest BCUT2D eigenvalue weighted by atomic mass is 32.1. The number of urea groups is 1. The van der Waals surface area contributed by atoms with Gasteiger partial charge in [-0.05, 0) is 31.0 Å². The second-order valence-corrected chi connectivity index (χ2v) is 6.69. The van der Waals surface area contributed by atoms with Crippen LogP contribution in [-0.4, -0.2) is 53.0 Å². The number of rotatable bonds is 4. The van der Waals surface area contributed by atoms with Gasteiger partial charge in [0.25, 0.3) is 0 Å². The molecule has 1 aliphatic rings. The van der Waals surface area contributed by atoms with Crippen molar-refractivity contribution in [3.63, 3.8) is 0 Å². The van der Waals surface area contributed by atoms with E-state index >= 15 is 0 Å². The van der Waals surface area contributed by atoms with Crippen molar-refractivity contribution in [2.75, 3.05) is 37.6 Å². The van der Waals surface area contributed by atoms with Crippen LogP contribution in [0.15, 0.2) is 24.3 Å². The third-order valence-electron chi connectivity index (χ3n) is 4.11. The molecule has 3 rings (SSSR count). The summed E-state index contributed by atoms with van der Waals surface area (Å²) in [5.41, 5.74) is 0.990. The van der Waals surface area contributed by atoms with Gasteiger partial charge in [-0.25, -0.2) is 14.2 Å². The summed E-state index contributed by atoms with van der Waals surface area (Å²) in [6, 6.07) is 6.41. The SMILES string of the molecule is CCNC(=O)N1CCCN(c2nc(Cc3ccc(F)cc3)ns2)CC1. The first-order valence-electron chi connectivity index (χ1n) is 8.50. The van der Waals surface area contributed by atoms with Gasteiger partial charge in [-0.2, -0.15) is 4.37 Å². The molecule has 0 saturated carbocycles. The number of nitrogens with one attached hydrogen (secondary N) is 1. The molecular formula is C17H22FN5OS. The summed E-state index contributed by atoms with van der Waals surface area (Å²) < 4.78 is 17.4. The Morgan fingerprint density at radius 2 is 2.04 bits per heavy atom. The molecule has 8 heteroatoms. The molecule has 1 aromatic heterocycles. The third kappa shape index (κ3) is 4.66. The molecule has 1 fully saturated rings. The van der Waals surface area contributed by atoms with Gasteiger partial charge < -0.3 is 15.1 Å². The fourth-order valence-corrected chi connectivity index (χ4v) is 3.54. The number of nitrogens with zero attached hydrogens (tertiary/aromatic N) is 4. The Hall–Kier alpha value is -2.22. The predicted octanol–water partition coefficient (Wildman–Crippen LogP) is 2.51. The Kier molecular flexibility index (Phi) is 5.80. The van der Waals surface area contributed by atoms with Crippen LogP contribution >= 0.6 is 11.5 Å². The molecule has 1 aromatic carbocycles. The maximum atomic E-state index is 13.0. The molecule has 2 aromatic rings. The summed E-state index contributed by atoms with van der Waals surface area (Å²) in [7, 11) is 0. The normalized spacial score (nSPS) is 15.1. The van der Waals surface area contributed by atoms with Crippen molar-refractivity contribution in [2.24, 2.45) is 0 Å². The molecule has 1 aliphatic heterocycles. The van der Waals surface area contributed by atoms with E-state index in [2.05, 4.69) is 19.6 Å². The summed E-state index contributed by atoms with van der Waals surface area (Å²) in [6.07, 6.45) is 1.50. The zero-order chi connectivity index (χ0) is 17.6. The van der Waals surface area contributed by atoms with E-state index in [1.165, 1.54) is 23.7 Å². The van der Waals surface area contributed by atoms with E-state index in [1.807, 2.05) is 11.8 Å². The molecule has 25 heavy (non-hydrogen) atoms. The van der Waals surface area contributed by atoms with Gasteiger partial charge in [0.2, 0.25) is 5.13 Å². The van der Waals surface area contributed by atoms with Crippen LogP contribution in [0.2, 0.25) is 0 Å². The smallest absolute Gasteiger partial charge is 0.317 e. The van der Waals surface area contributed by atoms with Gasteiger partial charge in [-0.15, -0.1) is 0 Å². The summed E-state index contributed by atoms with van der Waals surface area (Å²) in [6.45, 7) is 5.61. The highest BCUT2D eigenvalue weighted by molar-refractivity contribution is 7.09. The van der Waals surface area contributed by atoms with Crippen molar-refractivity contribution in [1.29, 1.82) is 0 Å². The van der Waals surface area contributed by atoms with Crippen molar-refractivity contribution < 1.29 is 9.18 Å². The maximum Gasteiger partial charge on any atom is 0.317 e. The minimum absolute atomic E-state index is 0.00128.